The number of rotatable bonds is 5. The molecule has 0 saturated heterocycles. The molecule has 27 heavy (non-hydrogen) atoms. The van der Waals surface area contributed by atoms with Gasteiger partial charge < -0.3 is 5.32 Å². The predicted octanol–water partition coefficient (Wildman–Crippen LogP) is 5.31. The summed E-state index contributed by atoms with van der Waals surface area (Å²) in [5, 5.41) is 8.25. The van der Waals surface area contributed by atoms with Crippen LogP contribution >= 0.6 is 0 Å². The third-order valence-electron chi connectivity index (χ3n) is 5.20. The quantitative estimate of drug-likeness (QED) is 0.624. The topological polar surface area (TPSA) is 42.2 Å². The van der Waals surface area contributed by atoms with Gasteiger partial charge in [0.25, 0.3) is 0 Å². The second-order valence-corrected chi connectivity index (χ2v) is 7.32. The van der Waals surface area contributed by atoms with Crippen molar-refractivity contribution in [1.82, 2.24) is 14.6 Å². The number of aryl methyl sites for hydroxylation is 2. The minimum atomic E-state index is -0.240. The van der Waals surface area contributed by atoms with Crippen molar-refractivity contribution in [3.63, 3.8) is 0 Å². The van der Waals surface area contributed by atoms with Crippen molar-refractivity contribution in [2.75, 3.05) is 11.9 Å². The molecule has 1 aliphatic carbocycles. The maximum atomic E-state index is 13.3. The molecule has 0 saturated carbocycles. The molecule has 2 heterocycles. The Morgan fingerprint density at radius 3 is 2.78 bits per heavy atom. The molecule has 1 atom stereocenters. The lowest BCUT2D eigenvalue weighted by Gasteiger charge is -2.17. The molecule has 1 N–H and O–H groups in total. The van der Waals surface area contributed by atoms with Gasteiger partial charge >= 0.3 is 0 Å². The number of hydrogen-bond donors (Lipinski definition) is 1. The fourth-order valence-electron chi connectivity index (χ4n) is 3.83. The van der Waals surface area contributed by atoms with Crippen molar-refractivity contribution >= 4 is 11.5 Å². The minimum Gasteiger partial charge on any atom is -0.370 e. The number of nitrogens with zero attached hydrogens (tertiary/aromatic N) is 3. The van der Waals surface area contributed by atoms with Crippen molar-refractivity contribution < 1.29 is 4.39 Å². The first-order valence-electron chi connectivity index (χ1n) is 9.65. The fourth-order valence-corrected chi connectivity index (χ4v) is 3.83. The van der Waals surface area contributed by atoms with E-state index in [1.54, 1.807) is 12.1 Å². The summed E-state index contributed by atoms with van der Waals surface area (Å²) in [5.41, 5.74) is 4.51. The van der Waals surface area contributed by atoms with E-state index in [9.17, 15) is 4.39 Å². The zero-order valence-electron chi connectivity index (χ0n) is 15.9. The smallest absolute Gasteiger partial charge is 0.165 e. The van der Waals surface area contributed by atoms with E-state index in [0.717, 1.165) is 46.9 Å². The molecule has 4 rings (SSSR count). The minimum absolute atomic E-state index is 0.240. The lowest BCUT2D eigenvalue weighted by molar-refractivity contribution is 0.517. The molecule has 0 fully saturated rings. The molecule has 1 unspecified atom stereocenters. The van der Waals surface area contributed by atoms with Gasteiger partial charge in [-0.05, 0) is 63.1 Å². The number of aromatic nitrogens is 3. The summed E-state index contributed by atoms with van der Waals surface area (Å²) in [4.78, 5) is 4.71. The standard InChI is InChI=1S/C22H25FN4/c1-15-14-20(24-13-12-17-6-4-3-5-7-17)27-22(25-15)21(16(2)26-27)18-8-10-19(23)11-9-18/h4,6,8-11,14,17,24H,3,5,7,12-13H2,1-2H3. The number of benzene rings is 1. The molecule has 2 aromatic heterocycles. The van der Waals surface area contributed by atoms with Crippen molar-refractivity contribution in [2.45, 2.75) is 39.5 Å². The molecule has 4 nitrogen and oxygen atoms in total. The van der Waals surface area contributed by atoms with Crippen LogP contribution in [-0.2, 0) is 0 Å². The largest absolute Gasteiger partial charge is 0.370 e. The summed E-state index contributed by atoms with van der Waals surface area (Å²) >= 11 is 0. The van der Waals surface area contributed by atoms with Crippen LogP contribution in [0.15, 0.2) is 42.5 Å². The first-order chi connectivity index (χ1) is 13.1. The van der Waals surface area contributed by atoms with E-state index in [-0.39, 0.29) is 5.82 Å². The fraction of sp³-hybridized carbons (Fsp3) is 0.364. The normalized spacial score (nSPS) is 16.8. The molecule has 0 aliphatic heterocycles. The average Bonchev–Trinajstić information content (AvgIpc) is 2.99. The monoisotopic (exact) mass is 364 g/mol. The molecule has 140 valence electrons. The Labute approximate surface area is 159 Å². The summed E-state index contributed by atoms with van der Waals surface area (Å²) in [6.07, 6.45) is 9.55. The van der Waals surface area contributed by atoms with E-state index < -0.39 is 0 Å². The number of anilines is 1. The van der Waals surface area contributed by atoms with Gasteiger partial charge in [0.2, 0.25) is 0 Å². The molecule has 0 bridgehead atoms. The van der Waals surface area contributed by atoms with Crippen molar-refractivity contribution in [2.24, 2.45) is 5.92 Å². The number of nitrogens with one attached hydrogen (secondary N) is 1. The Kier molecular flexibility index (Phi) is 4.92. The van der Waals surface area contributed by atoms with Gasteiger partial charge in [0.15, 0.2) is 5.65 Å². The van der Waals surface area contributed by atoms with Crippen LogP contribution in [0.3, 0.4) is 0 Å². The van der Waals surface area contributed by atoms with Gasteiger partial charge in [-0.1, -0.05) is 24.3 Å². The van der Waals surface area contributed by atoms with E-state index in [1.807, 2.05) is 24.4 Å². The van der Waals surface area contributed by atoms with Crippen LogP contribution in [0.5, 0.6) is 0 Å². The summed E-state index contributed by atoms with van der Waals surface area (Å²) in [6, 6.07) is 8.55. The Morgan fingerprint density at radius 1 is 1.22 bits per heavy atom. The number of fused-ring (bicyclic) bond motifs is 1. The van der Waals surface area contributed by atoms with Gasteiger partial charge in [0.05, 0.1) is 5.69 Å². The van der Waals surface area contributed by atoms with Crippen LogP contribution < -0.4 is 5.32 Å². The van der Waals surface area contributed by atoms with E-state index in [2.05, 4.69) is 17.5 Å². The number of hydrogen-bond acceptors (Lipinski definition) is 3. The van der Waals surface area contributed by atoms with Crippen LogP contribution in [0.25, 0.3) is 16.8 Å². The highest BCUT2D eigenvalue weighted by Crippen LogP contribution is 2.29. The SMILES string of the molecule is Cc1cc(NCCC2C=CCCC2)n2nc(C)c(-c3ccc(F)cc3)c2n1. The van der Waals surface area contributed by atoms with Gasteiger partial charge in [-0.2, -0.15) is 9.61 Å². The molecule has 0 amide bonds. The molecular formula is C22H25FN4. The summed E-state index contributed by atoms with van der Waals surface area (Å²) < 4.78 is 15.2. The molecule has 5 heteroatoms. The lowest BCUT2D eigenvalue weighted by atomic mass is 9.93. The molecule has 1 aromatic carbocycles. The highest BCUT2D eigenvalue weighted by Gasteiger charge is 2.16. The molecule has 1 aliphatic rings. The van der Waals surface area contributed by atoms with Crippen molar-refractivity contribution in [1.29, 1.82) is 0 Å². The second kappa shape index (κ2) is 7.51. The highest BCUT2D eigenvalue weighted by atomic mass is 19.1. The Balaban J connectivity index is 1.64. The van der Waals surface area contributed by atoms with Crippen LogP contribution in [0, 0.1) is 25.6 Å². The van der Waals surface area contributed by atoms with E-state index in [0.29, 0.717) is 5.92 Å². The van der Waals surface area contributed by atoms with Gasteiger partial charge in [-0.15, -0.1) is 0 Å². The van der Waals surface area contributed by atoms with Gasteiger partial charge in [-0.25, -0.2) is 9.37 Å². The zero-order valence-corrected chi connectivity index (χ0v) is 15.9. The molecular weight excluding hydrogens is 339 g/mol. The molecule has 0 spiro atoms. The van der Waals surface area contributed by atoms with Crippen LogP contribution in [-0.4, -0.2) is 21.1 Å². The van der Waals surface area contributed by atoms with Crippen molar-refractivity contribution in [3.8, 4) is 11.1 Å². The Morgan fingerprint density at radius 2 is 2.04 bits per heavy atom. The van der Waals surface area contributed by atoms with Gasteiger partial charge in [0.1, 0.15) is 11.6 Å². The molecule has 3 aromatic rings. The maximum Gasteiger partial charge on any atom is 0.165 e. The number of allylic oxidation sites excluding steroid dienone is 2. The third-order valence-corrected chi connectivity index (χ3v) is 5.20. The summed E-state index contributed by atoms with van der Waals surface area (Å²) in [7, 11) is 0. The van der Waals surface area contributed by atoms with Crippen LogP contribution in [0.4, 0.5) is 10.2 Å². The predicted molar refractivity (Wildman–Crippen MR) is 107 cm³/mol. The Bertz CT molecular complexity index is 972. The first-order valence-corrected chi connectivity index (χ1v) is 9.65. The van der Waals surface area contributed by atoms with Gasteiger partial charge in [0, 0.05) is 23.9 Å². The summed E-state index contributed by atoms with van der Waals surface area (Å²) in [6.45, 7) is 4.86. The third kappa shape index (κ3) is 3.72. The lowest BCUT2D eigenvalue weighted by Crippen LogP contribution is -2.12. The van der Waals surface area contributed by atoms with E-state index in [4.69, 9.17) is 10.1 Å². The highest BCUT2D eigenvalue weighted by molar-refractivity contribution is 5.80. The first kappa shape index (κ1) is 17.7. The van der Waals surface area contributed by atoms with Crippen molar-refractivity contribution in [3.05, 3.63) is 59.7 Å². The average molecular weight is 364 g/mol. The van der Waals surface area contributed by atoms with E-state index >= 15 is 0 Å². The molecule has 0 radical (unpaired) electrons. The summed E-state index contributed by atoms with van der Waals surface area (Å²) in [5.74, 6) is 1.38. The number of halogens is 1. The Hall–Kier alpha value is -2.69. The van der Waals surface area contributed by atoms with Crippen LogP contribution in [0.1, 0.15) is 37.1 Å². The second-order valence-electron chi connectivity index (χ2n) is 7.32. The van der Waals surface area contributed by atoms with Crippen LogP contribution in [0.2, 0.25) is 0 Å². The zero-order chi connectivity index (χ0) is 18.8. The maximum absolute atomic E-state index is 13.3. The van der Waals surface area contributed by atoms with Gasteiger partial charge in [-0.3, -0.25) is 0 Å². The van der Waals surface area contributed by atoms with E-state index in [1.165, 1.54) is 31.4 Å².